The van der Waals surface area contributed by atoms with Gasteiger partial charge in [0.1, 0.15) is 11.9 Å². The molecular formula is C30H33FN4O8S. The standard InChI is InChI=1S/C30H33FN4O8S/c1-18-14-35(19(2)16-36)29(37)23-5-4-6-24(33-30(38)32-21-9-12-25-26(13-21)42-17-41-25)28(23)43-27(18)15-34(3)44(39,40)22-10-7-20(31)8-11-22/h4-13,18-19,27,36H,14-17H2,1-3H3,(H2,32,33,38)/t18-,19+,27+/m0/s1. The average Bonchev–Trinajstić information content (AvgIpc) is 3.47. The van der Waals surface area contributed by atoms with Gasteiger partial charge in [0.25, 0.3) is 5.91 Å². The summed E-state index contributed by atoms with van der Waals surface area (Å²) in [7, 11) is -2.64. The van der Waals surface area contributed by atoms with Gasteiger partial charge in [0.15, 0.2) is 17.2 Å². The maximum absolute atomic E-state index is 13.7. The van der Waals surface area contributed by atoms with Crippen LogP contribution in [0, 0.1) is 11.7 Å². The Hall–Kier alpha value is -4.40. The molecule has 3 N–H and O–H groups in total. The molecule has 3 aromatic rings. The first kappa shape index (κ1) is 31.0. The molecule has 2 aliphatic rings. The highest BCUT2D eigenvalue weighted by atomic mass is 32.2. The predicted molar refractivity (Wildman–Crippen MR) is 159 cm³/mol. The molecule has 0 saturated heterocycles. The number of carbonyl (C=O) groups is 2. The molecule has 2 aliphatic heterocycles. The lowest BCUT2D eigenvalue weighted by Crippen LogP contribution is -2.50. The maximum atomic E-state index is 13.7. The number of carbonyl (C=O) groups excluding carboxylic acids is 2. The number of aliphatic hydroxyl groups is 1. The lowest BCUT2D eigenvalue weighted by Gasteiger charge is -2.38. The normalized spacial score (nSPS) is 18.6. The monoisotopic (exact) mass is 628 g/mol. The van der Waals surface area contributed by atoms with Crippen LogP contribution >= 0.6 is 0 Å². The van der Waals surface area contributed by atoms with E-state index in [-0.39, 0.29) is 48.4 Å². The summed E-state index contributed by atoms with van der Waals surface area (Å²) in [4.78, 5) is 28.2. The van der Waals surface area contributed by atoms with Crippen molar-refractivity contribution in [2.45, 2.75) is 30.9 Å². The van der Waals surface area contributed by atoms with E-state index in [2.05, 4.69) is 10.6 Å². The number of likely N-dealkylation sites (N-methyl/N-ethyl adjacent to an activating group) is 1. The van der Waals surface area contributed by atoms with E-state index in [1.807, 2.05) is 0 Å². The van der Waals surface area contributed by atoms with Crippen LogP contribution < -0.4 is 24.8 Å². The van der Waals surface area contributed by atoms with Gasteiger partial charge >= 0.3 is 6.03 Å². The van der Waals surface area contributed by atoms with E-state index in [1.165, 1.54) is 24.1 Å². The second-order valence-corrected chi connectivity index (χ2v) is 12.7. The Balaban J connectivity index is 1.45. The highest BCUT2D eigenvalue weighted by Crippen LogP contribution is 2.36. The summed E-state index contributed by atoms with van der Waals surface area (Å²) >= 11 is 0. The van der Waals surface area contributed by atoms with E-state index in [0.717, 1.165) is 16.4 Å². The van der Waals surface area contributed by atoms with Crippen LogP contribution in [0.15, 0.2) is 65.6 Å². The Morgan fingerprint density at radius 2 is 1.84 bits per heavy atom. The number of nitrogens with zero attached hydrogens (tertiary/aromatic N) is 2. The van der Waals surface area contributed by atoms with Crippen LogP contribution in [0.1, 0.15) is 24.2 Å². The van der Waals surface area contributed by atoms with Gasteiger partial charge < -0.3 is 34.9 Å². The minimum atomic E-state index is -4.02. The fourth-order valence-electron chi connectivity index (χ4n) is 4.96. The molecular weight excluding hydrogens is 595 g/mol. The molecule has 0 aromatic heterocycles. The largest absolute Gasteiger partial charge is 0.486 e. The van der Waals surface area contributed by atoms with Crippen molar-refractivity contribution in [3.05, 3.63) is 72.0 Å². The summed E-state index contributed by atoms with van der Waals surface area (Å²) in [6, 6.07) is 12.9. The second-order valence-electron chi connectivity index (χ2n) is 10.7. The minimum Gasteiger partial charge on any atom is -0.486 e. The number of anilines is 2. The van der Waals surface area contributed by atoms with Crippen molar-refractivity contribution in [1.82, 2.24) is 9.21 Å². The predicted octanol–water partition coefficient (Wildman–Crippen LogP) is 3.74. The number of nitrogens with one attached hydrogen (secondary N) is 2. The molecule has 3 atom stereocenters. The fraction of sp³-hybridized carbons (Fsp3) is 0.333. The van der Waals surface area contributed by atoms with E-state index in [0.29, 0.717) is 17.2 Å². The number of rotatable bonds is 8. The van der Waals surface area contributed by atoms with Gasteiger partial charge in [-0.2, -0.15) is 4.31 Å². The lowest BCUT2D eigenvalue weighted by molar-refractivity contribution is 0.0389. The zero-order valence-corrected chi connectivity index (χ0v) is 25.1. The van der Waals surface area contributed by atoms with Gasteiger partial charge in [-0.15, -0.1) is 0 Å². The Morgan fingerprint density at radius 3 is 2.57 bits per heavy atom. The quantitative estimate of drug-likeness (QED) is 0.342. The lowest BCUT2D eigenvalue weighted by atomic mass is 9.99. The molecule has 0 spiro atoms. The Labute approximate surface area is 254 Å². The van der Waals surface area contributed by atoms with Crippen molar-refractivity contribution in [3.63, 3.8) is 0 Å². The number of urea groups is 1. The van der Waals surface area contributed by atoms with Gasteiger partial charge in [-0.05, 0) is 55.5 Å². The number of para-hydroxylation sites is 1. The summed E-state index contributed by atoms with van der Waals surface area (Å²) in [5, 5.41) is 15.4. The third kappa shape index (κ3) is 6.42. The summed E-state index contributed by atoms with van der Waals surface area (Å²) in [5.74, 6) is -0.304. The molecule has 2 heterocycles. The first-order chi connectivity index (χ1) is 21.0. The van der Waals surface area contributed by atoms with E-state index in [4.69, 9.17) is 14.2 Å². The van der Waals surface area contributed by atoms with Gasteiger partial charge in [-0.3, -0.25) is 4.79 Å². The van der Waals surface area contributed by atoms with Crippen molar-refractivity contribution in [2.24, 2.45) is 5.92 Å². The molecule has 234 valence electrons. The Morgan fingerprint density at radius 1 is 1.11 bits per heavy atom. The maximum Gasteiger partial charge on any atom is 0.323 e. The molecule has 44 heavy (non-hydrogen) atoms. The van der Waals surface area contributed by atoms with Crippen molar-refractivity contribution in [3.8, 4) is 17.2 Å². The van der Waals surface area contributed by atoms with E-state index >= 15 is 0 Å². The van der Waals surface area contributed by atoms with Crippen molar-refractivity contribution < 1.29 is 41.7 Å². The van der Waals surface area contributed by atoms with E-state index in [1.54, 1.807) is 50.2 Å². The third-order valence-corrected chi connectivity index (χ3v) is 9.37. The van der Waals surface area contributed by atoms with Gasteiger partial charge in [-0.25, -0.2) is 17.6 Å². The van der Waals surface area contributed by atoms with Crippen molar-refractivity contribution >= 4 is 33.3 Å². The number of hydrogen-bond acceptors (Lipinski definition) is 8. The van der Waals surface area contributed by atoms with Gasteiger partial charge in [0.2, 0.25) is 16.8 Å². The first-order valence-corrected chi connectivity index (χ1v) is 15.3. The molecule has 0 saturated carbocycles. The average molecular weight is 629 g/mol. The minimum absolute atomic E-state index is 0.0533. The van der Waals surface area contributed by atoms with Gasteiger partial charge in [0.05, 0.1) is 35.3 Å². The van der Waals surface area contributed by atoms with Crippen LogP contribution in [0.2, 0.25) is 0 Å². The highest BCUT2D eigenvalue weighted by molar-refractivity contribution is 7.89. The van der Waals surface area contributed by atoms with Crippen LogP contribution in [0.5, 0.6) is 17.2 Å². The molecule has 3 aromatic carbocycles. The van der Waals surface area contributed by atoms with Crippen molar-refractivity contribution in [2.75, 3.05) is 44.2 Å². The van der Waals surface area contributed by atoms with Crippen LogP contribution in [0.4, 0.5) is 20.6 Å². The molecule has 5 rings (SSSR count). The fourth-order valence-corrected chi connectivity index (χ4v) is 6.14. The summed E-state index contributed by atoms with van der Waals surface area (Å²) in [6.07, 6.45) is -0.796. The number of halogens is 1. The van der Waals surface area contributed by atoms with E-state index in [9.17, 15) is 27.5 Å². The second kappa shape index (κ2) is 12.7. The number of hydrogen-bond donors (Lipinski definition) is 3. The molecule has 14 heteroatoms. The Kier molecular flexibility index (Phi) is 8.95. The van der Waals surface area contributed by atoms with Crippen LogP contribution in [0.3, 0.4) is 0 Å². The molecule has 0 fully saturated rings. The van der Waals surface area contributed by atoms with Gasteiger partial charge in [0, 0.05) is 31.3 Å². The number of aliphatic hydroxyl groups excluding tert-OH is 1. The molecule has 3 amide bonds. The first-order valence-electron chi connectivity index (χ1n) is 13.9. The highest BCUT2D eigenvalue weighted by Gasteiger charge is 2.36. The molecule has 12 nitrogen and oxygen atoms in total. The molecule has 0 radical (unpaired) electrons. The van der Waals surface area contributed by atoms with Crippen molar-refractivity contribution in [1.29, 1.82) is 0 Å². The molecule has 0 aliphatic carbocycles. The van der Waals surface area contributed by atoms with Crippen LogP contribution in [0.25, 0.3) is 0 Å². The third-order valence-electron chi connectivity index (χ3n) is 7.53. The smallest absolute Gasteiger partial charge is 0.323 e. The van der Waals surface area contributed by atoms with E-state index < -0.39 is 45.8 Å². The molecule has 0 bridgehead atoms. The SMILES string of the molecule is C[C@H](CO)N1C[C@H](C)[C@@H](CN(C)S(=O)(=O)c2ccc(F)cc2)Oc2c(NC(=O)Nc3ccc4c(c3)OCO4)cccc2C1=O. The molecule has 0 unspecified atom stereocenters. The summed E-state index contributed by atoms with van der Waals surface area (Å²) in [6.45, 7) is 3.33. The zero-order chi connectivity index (χ0) is 31.6. The number of sulfonamides is 1. The number of ether oxygens (including phenoxy) is 3. The topological polar surface area (TPSA) is 147 Å². The number of fused-ring (bicyclic) bond motifs is 2. The Bertz CT molecular complexity index is 1650. The van der Waals surface area contributed by atoms with Crippen LogP contribution in [-0.2, 0) is 10.0 Å². The number of benzene rings is 3. The summed E-state index contributed by atoms with van der Waals surface area (Å²) in [5.41, 5.74) is 0.741. The number of amides is 3. The van der Waals surface area contributed by atoms with Gasteiger partial charge in [-0.1, -0.05) is 13.0 Å². The van der Waals surface area contributed by atoms with Crippen LogP contribution in [-0.4, -0.2) is 80.4 Å². The zero-order valence-electron chi connectivity index (χ0n) is 24.3. The summed E-state index contributed by atoms with van der Waals surface area (Å²) < 4.78 is 58.3.